The summed E-state index contributed by atoms with van der Waals surface area (Å²) in [6, 6.07) is 15.5. The summed E-state index contributed by atoms with van der Waals surface area (Å²) in [6.45, 7) is 0. The van der Waals surface area contributed by atoms with Crippen molar-refractivity contribution in [2.45, 2.75) is 0 Å². The first-order chi connectivity index (χ1) is 8.38. The van der Waals surface area contributed by atoms with E-state index in [1.165, 1.54) is 0 Å². The van der Waals surface area contributed by atoms with Crippen molar-refractivity contribution in [3.05, 3.63) is 60.4 Å². The molecule has 0 N–H and O–H groups in total. The predicted molar refractivity (Wildman–Crippen MR) is 65.3 cm³/mol. The number of imidazole rings is 1. The number of benzene rings is 1. The third-order valence-corrected chi connectivity index (χ3v) is 2.69. The van der Waals surface area contributed by atoms with Gasteiger partial charge in [0, 0.05) is 18.0 Å². The predicted octanol–water partition coefficient (Wildman–Crippen LogP) is 2.87. The van der Waals surface area contributed by atoms with Crippen LogP contribution in [0.25, 0.3) is 16.9 Å². The summed E-state index contributed by atoms with van der Waals surface area (Å²) in [5.41, 5.74) is 3.23. The summed E-state index contributed by atoms with van der Waals surface area (Å²) in [5.74, 6) is 0. The number of aromatic nitrogens is 2. The molecule has 0 aliphatic rings. The number of fused-ring (bicyclic) bond motifs is 1. The molecule has 0 unspecified atom stereocenters. The fourth-order valence-electron chi connectivity index (χ4n) is 1.87. The zero-order valence-electron chi connectivity index (χ0n) is 9.04. The second-order valence-electron chi connectivity index (χ2n) is 3.75. The van der Waals surface area contributed by atoms with Gasteiger partial charge in [-0.2, -0.15) is 5.26 Å². The lowest BCUT2D eigenvalue weighted by Crippen LogP contribution is -1.82. The maximum absolute atomic E-state index is 9.07. The van der Waals surface area contributed by atoms with Crippen molar-refractivity contribution in [2.75, 3.05) is 0 Å². The molecule has 3 aromatic rings. The zero-order chi connectivity index (χ0) is 11.7. The number of nitriles is 1. The Hall–Kier alpha value is -2.60. The quantitative estimate of drug-likeness (QED) is 0.631. The lowest BCUT2D eigenvalue weighted by Gasteiger charge is -1.97. The lowest BCUT2D eigenvalue weighted by molar-refractivity contribution is 1.19. The molecule has 0 bridgehead atoms. The Morgan fingerprint density at radius 3 is 2.71 bits per heavy atom. The van der Waals surface area contributed by atoms with Crippen molar-refractivity contribution in [1.82, 2.24) is 9.38 Å². The second kappa shape index (κ2) is 3.76. The number of pyridine rings is 1. The van der Waals surface area contributed by atoms with Crippen LogP contribution in [0.5, 0.6) is 0 Å². The average Bonchev–Trinajstić information content (AvgIpc) is 2.82. The first-order valence-corrected chi connectivity index (χ1v) is 5.32. The summed E-state index contributed by atoms with van der Waals surface area (Å²) in [5, 5.41) is 9.07. The standard InChI is InChI=1S/C14H9N3/c15-9-11-5-1-2-6-12(11)13-10-17-8-4-3-7-14(17)16-13/h1-8,10H. The van der Waals surface area contributed by atoms with Gasteiger partial charge in [0.2, 0.25) is 0 Å². The van der Waals surface area contributed by atoms with Gasteiger partial charge in [-0.3, -0.25) is 0 Å². The van der Waals surface area contributed by atoms with E-state index in [-0.39, 0.29) is 0 Å². The van der Waals surface area contributed by atoms with E-state index < -0.39 is 0 Å². The van der Waals surface area contributed by atoms with Crippen molar-refractivity contribution < 1.29 is 0 Å². The molecule has 0 spiro atoms. The smallest absolute Gasteiger partial charge is 0.137 e. The molecule has 0 saturated heterocycles. The van der Waals surface area contributed by atoms with Crippen molar-refractivity contribution in [2.24, 2.45) is 0 Å². The highest BCUT2D eigenvalue weighted by Crippen LogP contribution is 2.22. The fourth-order valence-corrected chi connectivity index (χ4v) is 1.87. The first kappa shape index (κ1) is 9.61. The number of nitrogens with zero attached hydrogens (tertiary/aromatic N) is 3. The van der Waals surface area contributed by atoms with Crippen LogP contribution in [0.15, 0.2) is 54.9 Å². The Morgan fingerprint density at radius 1 is 1.06 bits per heavy atom. The van der Waals surface area contributed by atoms with E-state index in [1.807, 2.05) is 53.2 Å². The van der Waals surface area contributed by atoms with Gasteiger partial charge >= 0.3 is 0 Å². The van der Waals surface area contributed by atoms with E-state index >= 15 is 0 Å². The topological polar surface area (TPSA) is 41.1 Å². The van der Waals surface area contributed by atoms with Gasteiger partial charge in [-0.1, -0.05) is 24.3 Å². The SMILES string of the molecule is N#Cc1ccccc1-c1cn2ccccc2n1. The molecule has 3 rings (SSSR count). The van der Waals surface area contributed by atoms with Crippen LogP contribution in [0.1, 0.15) is 5.56 Å². The van der Waals surface area contributed by atoms with Crippen LogP contribution < -0.4 is 0 Å². The van der Waals surface area contributed by atoms with Gasteiger partial charge in [0.05, 0.1) is 17.3 Å². The Labute approximate surface area is 98.6 Å². The summed E-state index contributed by atoms with van der Waals surface area (Å²) < 4.78 is 1.95. The summed E-state index contributed by atoms with van der Waals surface area (Å²) >= 11 is 0. The van der Waals surface area contributed by atoms with Crippen LogP contribution >= 0.6 is 0 Å². The summed E-state index contributed by atoms with van der Waals surface area (Å²) in [6.07, 6.45) is 3.88. The van der Waals surface area contributed by atoms with Crippen molar-refractivity contribution in [3.8, 4) is 17.3 Å². The third-order valence-electron chi connectivity index (χ3n) is 2.69. The number of rotatable bonds is 1. The molecule has 0 aliphatic heterocycles. The molecule has 3 nitrogen and oxygen atoms in total. The van der Waals surface area contributed by atoms with Crippen LogP contribution in [0.3, 0.4) is 0 Å². The van der Waals surface area contributed by atoms with E-state index in [2.05, 4.69) is 11.1 Å². The van der Waals surface area contributed by atoms with Gasteiger partial charge in [0.25, 0.3) is 0 Å². The Balaban J connectivity index is 2.25. The van der Waals surface area contributed by atoms with Crippen LogP contribution in [-0.2, 0) is 0 Å². The van der Waals surface area contributed by atoms with Gasteiger partial charge in [0.15, 0.2) is 0 Å². The van der Waals surface area contributed by atoms with E-state index in [1.54, 1.807) is 6.07 Å². The van der Waals surface area contributed by atoms with Crippen molar-refractivity contribution in [1.29, 1.82) is 5.26 Å². The molecule has 1 aromatic carbocycles. The van der Waals surface area contributed by atoms with Gasteiger partial charge in [-0.15, -0.1) is 0 Å². The highest BCUT2D eigenvalue weighted by Gasteiger charge is 2.07. The normalized spacial score (nSPS) is 10.3. The largest absolute Gasteiger partial charge is 0.306 e. The second-order valence-corrected chi connectivity index (χ2v) is 3.75. The molecule has 0 fully saturated rings. The molecule has 2 heterocycles. The van der Waals surface area contributed by atoms with Crippen molar-refractivity contribution >= 4 is 5.65 Å². The van der Waals surface area contributed by atoms with E-state index in [9.17, 15) is 0 Å². The molecule has 0 aliphatic carbocycles. The molecular formula is C14H9N3. The molecule has 2 aromatic heterocycles. The van der Waals surface area contributed by atoms with Crippen LogP contribution in [0, 0.1) is 11.3 Å². The Morgan fingerprint density at radius 2 is 1.88 bits per heavy atom. The van der Waals surface area contributed by atoms with Gasteiger partial charge in [-0.05, 0) is 18.2 Å². The minimum atomic E-state index is 0.649. The molecule has 0 amide bonds. The molecule has 17 heavy (non-hydrogen) atoms. The Bertz CT molecular complexity index is 686. The molecule has 0 radical (unpaired) electrons. The monoisotopic (exact) mass is 219 g/mol. The van der Waals surface area contributed by atoms with Gasteiger partial charge < -0.3 is 4.40 Å². The number of hydrogen-bond donors (Lipinski definition) is 0. The van der Waals surface area contributed by atoms with E-state index in [0.29, 0.717) is 5.56 Å². The molecular weight excluding hydrogens is 210 g/mol. The van der Waals surface area contributed by atoms with Gasteiger partial charge in [0.1, 0.15) is 5.65 Å². The minimum Gasteiger partial charge on any atom is -0.306 e. The Kier molecular flexibility index (Phi) is 2.13. The molecule has 0 saturated carbocycles. The van der Waals surface area contributed by atoms with Crippen LogP contribution in [0.2, 0.25) is 0 Å². The molecule has 3 heteroatoms. The lowest BCUT2D eigenvalue weighted by atomic mass is 10.1. The fraction of sp³-hybridized carbons (Fsp3) is 0. The van der Waals surface area contributed by atoms with E-state index in [4.69, 9.17) is 5.26 Å². The van der Waals surface area contributed by atoms with Crippen LogP contribution in [0.4, 0.5) is 0 Å². The highest BCUT2D eigenvalue weighted by atomic mass is 15.0. The van der Waals surface area contributed by atoms with Gasteiger partial charge in [-0.25, -0.2) is 4.98 Å². The minimum absolute atomic E-state index is 0.649. The van der Waals surface area contributed by atoms with Crippen LogP contribution in [-0.4, -0.2) is 9.38 Å². The number of hydrogen-bond acceptors (Lipinski definition) is 2. The first-order valence-electron chi connectivity index (χ1n) is 5.32. The summed E-state index contributed by atoms with van der Waals surface area (Å²) in [7, 11) is 0. The van der Waals surface area contributed by atoms with Crippen molar-refractivity contribution in [3.63, 3.8) is 0 Å². The molecule has 0 atom stereocenters. The highest BCUT2D eigenvalue weighted by molar-refractivity contribution is 5.69. The zero-order valence-corrected chi connectivity index (χ0v) is 9.04. The third kappa shape index (κ3) is 1.56. The molecule has 80 valence electrons. The van der Waals surface area contributed by atoms with E-state index in [0.717, 1.165) is 16.9 Å². The summed E-state index contributed by atoms with van der Waals surface area (Å²) in [4.78, 5) is 4.50. The average molecular weight is 219 g/mol. The maximum atomic E-state index is 9.07. The maximum Gasteiger partial charge on any atom is 0.137 e.